The Morgan fingerprint density at radius 2 is 1.79 bits per heavy atom. The van der Waals surface area contributed by atoms with Crippen molar-refractivity contribution in [2.75, 3.05) is 5.32 Å². The highest BCUT2D eigenvalue weighted by atomic mass is 32.1. The van der Waals surface area contributed by atoms with Crippen molar-refractivity contribution < 1.29 is 27.9 Å². The number of carboxylic acids is 1. The lowest BCUT2D eigenvalue weighted by Crippen LogP contribution is -2.10. The lowest BCUT2D eigenvalue weighted by Gasteiger charge is -2.10. The first-order chi connectivity index (χ1) is 18.6. The van der Waals surface area contributed by atoms with Gasteiger partial charge >= 0.3 is 12.1 Å². The Hall–Kier alpha value is -4.84. The quantitative estimate of drug-likeness (QED) is 0.226. The first-order valence-electron chi connectivity index (χ1n) is 11.4. The van der Waals surface area contributed by atoms with E-state index < -0.39 is 17.8 Å². The number of nitrogens with one attached hydrogen (secondary N) is 1. The molecule has 0 saturated heterocycles. The summed E-state index contributed by atoms with van der Waals surface area (Å²) in [5.74, 6) is -1.56. The van der Waals surface area contributed by atoms with Crippen LogP contribution in [0.3, 0.4) is 0 Å². The van der Waals surface area contributed by atoms with Crippen molar-refractivity contribution >= 4 is 34.7 Å². The van der Waals surface area contributed by atoms with Gasteiger partial charge in [0, 0.05) is 30.0 Å². The summed E-state index contributed by atoms with van der Waals surface area (Å²) in [5.41, 5.74) is 2.06. The first-order valence-corrected chi connectivity index (χ1v) is 12.2. The van der Waals surface area contributed by atoms with Crippen molar-refractivity contribution in [1.29, 1.82) is 0 Å². The van der Waals surface area contributed by atoms with E-state index in [0.29, 0.717) is 27.5 Å². The summed E-state index contributed by atoms with van der Waals surface area (Å²) in [7, 11) is 0. The van der Waals surface area contributed by atoms with E-state index in [2.05, 4.69) is 20.3 Å². The predicted molar refractivity (Wildman–Crippen MR) is 139 cm³/mol. The Kier molecular flexibility index (Phi) is 6.71. The number of aromatic nitrogens is 4. The van der Waals surface area contributed by atoms with Crippen LogP contribution in [0.5, 0.6) is 0 Å². The maximum Gasteiger partial charge on any atom is 0.433 e. The fourth-order valence-corrected chi connectivity index (χ4v) is 4.73. The number of carbonyl (C=O) groups is 2. The van der Waals surface area contributed by atoms with Crippen LogP contribution in [0.25, 0.3) is 16.1 Å². The number of ketones is 1. The van der Waals surface area contributed by atoms with Gasteiger partial charge in [-0.25, -0.2) is 19.7 Å². The zero-order valence-corrected chi connectivity index (χ0v) is 20.9. The van der Waals surface area contributed by atoms with Gasteiger partial charge in [0.2, 0.25) is 11.7 Å². The fraction of sp³-hybridized carbons (Fsp3) is 0.0741. The van der Waals surface area contributed by atoms with Gasteiger partial charge in [-0.3, -0.25) is 4.79 Å². The third-order valence-electron chi connectivity index (χ3n) is 5.64. The van der Waals surface area contributed by atoms with Crippen molar-refractivity contribution in [3.63, 3.8) is 0 Å². The second-order valence-corrected chi connectivity index (χ2v) is 9.48. The predicted octanol–water partition coefficient (Wildman–Crippen LogP) is 6.39. The second-order valence-electron chi connectivity index (χ2n) is 8.45. The molecule has 0 atom stereocenters. The largest absolute Gasteiger partial charge is 0.478 e. The molecular weight excluding hydrogens is 531 g/mol. The summed E-state index contributed by atoms with van der Waals surface area (Å²) in [5, 5.41) is 12.2. The fourth-order valence-electron chi connectivity index (χ4n) is 3.88. The van der Waals surface area contributed by atoms with Crippen LogP contribution in [0.15, 0.2) is 79.3 Å². The minimum absolute atomic E-state index is 0.134. The van der Waals surface area contributed by atoms with Crippen LogP contribution in [0.4, 0.5) is 24.8 Å². The van der Waals surface area contributed by atoms with Crippen molar-refractivity contribution in [3.05, 3.63) is 107 Å². The molecule has 0 amide bonds. The SMILES string of the molecule is Cc1cc(Nc2nccc(C(F)(F)F)n2)cc(-c2cnc(C(=O)c3cccn3-c3ccc(C(=O)O)cc3)s2)c1. The molecule has 8 nitrogen and oxygen atoms in total. The number of rotatable bonds is 7. The molecule has 0 aliphatic carbocycles. The molecule has 5 aromatic rings. The van der Waals surface area contributed by atoms with E-state index in [9.17, 15) is 22.8 Å². The molecule has 0 unspecified atom stereocenters. The summed E-state index contributed by atoms with van der Waals surface area (Å²) < 4.78 is 40.7. The number of nitrogens with zero attached hydrogens (tertiary/aromatic N) is 4. The van der Waals surface area contributed by atoms with Gasteiger partial charge in [-0.05, 0) is 72.6 Å². The highest BCUT2D eigenvalue weighted by Crippen LogP contribution is 2.32. The summed E-state index contributed by atoms with van der Waals surface area (Å²) >= 11 is 1.17. The van der Waals surface area contributed by atoms with Crippen LogP contribution >= 0.6 is 11.3 Å². The van der Waals surface area contributed by atoms with Gasteiger partial charge in [-0.1, -0.05) is 6.07 Å². The Balaban J connectivity index is 1.40. The number of anilines is 2. The van der Waals surface area contributed by atoms with Gasteiger partial charge < -0.3 is 15.0 Å². The topological polar surface area (TPSA) is 110 Å². The van der Waals surface area contributed by atoms with E-state index in [1.807, 2.05) is 13.0 Å². The number of benzene rings is 2. The molecule has 5 rings (SSSR count). The average Bonchev–Trinajstić information content (AvgIpc) is 3.58. The molecule has 39 heavy (non-hydrogen) atoms. The molecule has 0 bridgehead atoms. The Bertz CT molecular complexity index is 1690. The monoisotopic (exact) mass is 549 g/mol. The summed E-state index contributed by atoms with van der Waals surface area (Å²) in [6, 6.07) is 15.6. The van der Waals surface area contributed by atoms with Gasteiger partial charge in [0.05, 0.1) is 16.1 Å². The minimum atomic E-state index is -4.59. The molecule has 0 fully saturated rings. The number of hydrogen-bond donors (Lipinski definition) is 2. The number of alkyl halides is 3. The molecule has 196 valence electrons. The smallest absolute Gasteiger partial charge is 0.433 e. The molecule has 0 radical (unpaired) electrons. The number of hydrogen-bond acceptors (Lipinski definition) is 7. The van der Waals surface area contributed by atoms with E-state index in [1.54, 1.807) is 53.4 Å². The van der Waals surface area contributed by atoms with Crippen LogP contribution in [0.1, 0.15) is 37.1 Å². The Morgan fingerprint density at radius 3 is 2.51 bits per heavy atom. The highest BCUT2D eigenvalue weighted by molar-refractivity contribution is 7.17. The zero-order valence-electron chi connectivity index (χ0n) is 20.1. The lowest BCUT2D eigenvalue weighted by atomic mass is 10.1. The standard InChI is InChI=1S/C27H18F3N5O3S/c1-15-11-17(13-18(12-15)33-26-31-9-8-22(34-26)27(28,29)30)21-14-32-24(39-21)23(36)20-3-2-10-35(20)19-6-4-16(5-7-19)25(37)38/h2-14H,1H3,(H,37,38)(H,31,33,34). The van der Waals surface area contributed by atoms with E-state index in [0.717, 1.165) is 17.8 Å². The molecular formula is C27H18F3N5O3S. The number of carboxylic acid groups (broad SMARTS) is 1. The molecule has 3 heterocycles. The van der Waals surface area contributed by atoms with Gasteiger partial charge in [0.1, 0.15) is 5.69 Å². The number of thiazole rings is 1. The van der Waals surface area contributed by atoms with Crippen LogP contribution in [0.2, 0.25) is 0 Å². The molecule has 0 aliphatic rings. The zero-order chi connectivity index (χ0) is 27.7. The molecule has 0 saturated carbocycles. The van der Waals surface area contributed by atoms with Gasteiger partial charge in [-0.2, -0.15) is 13.2 Å². The number of aromatic carboxylic acids is 1. The summed E-state index contributed by atoms with van der Waals surface area (Å²) in [6.45, 7) is 1.83. The number of carbonyl (C=O) groups excluding carboxylic acids is 1. The van der Waals surface area contributed by atoms with Gasteiger partial charge in [0.25, 0.3) is 0 Å². The minimum Gasteiger partial charge on any atom is -0.478 e. The summed E-state index contributed by atoms with van der Waals surface area (Å²) in [4.78, 5) is 36.9. The maximum atomic E-state index is 13.3. The van der Waals surface area contributed by atoms with E-state index in [1.165, 1.54) is 23.5 Å². The van der Waals surface area contributed by atoms with Crippen molar-refractivity contribution in [3.8, 4) is 16.1 Å². The Labute approximate surface area is 223 Å². The molecule has 12 heteroatoms. The normalized spacial score (nSPS) is 11.4. The summed E-state index contributed by atoms with van der Waals surface area (Å²) in [6.07, 6.45) is -0.297. The number of halogens is 3. The number of aryl methyl sites for hydroxylation is 1. The molecule has 3 aromatic heterocycles. The Morgan fingerprint density at radius 1 is 1.03 bits per heavy atom. The molecule has 2 aromatic carbocycles. The van der Waals surface area contributed by atoms with Crippen LogP contribution in [-0.4, -0.2) is 36.4 Å². The second kappa shape index (κ2) is 10.1. The molecule has 0 spiro atoms. The van der Waals surface area contributed by atoms with Crippen LogP contribution in [-0.2, 0) is 6.18 Å². The van der Waals surface area contributed by atoms with Gasteiger partial charge in [0.15, 0.2) is 5.01 Å². The third-order valence-corrected chi connectivity index (χ3v) is 6.68. The van der Waals surface area contributed by atoms with Gasteiger partial charge in [-0.15, -0.1) is 11.3 Å². The average molecular weight is 550 g/mol. The highest BCUT2D eigenvalue weighted by Gasteiger charge is 2.32. The maximum absolute atomic E-state index is 13.3. The molecule has 0 aliphatic heterocycles. The van der Waals surface area contributed by atoms with Crippen molar-refractivity contribution in [2.45, 2.75) is 13.1 Å². The first kappa shape index (κ1) is 25.8. The van der Waals surface area contributed by atoms with Crippen LogP contribution < -0.4 is 5.32 Å². The van der Waals surface area contributed by atoms with Crippen molar-refractivity contribution in [2.24, 2.45) is 0 Å². The lowest BCUT2D eigenvalue weighted by molar-refractivity contribution is -0.141. The van der Waals surface area contributed by atoms with E-state index in [-0.39, 0.29) is 22.3 Å². The van der Waals surface area contributed by atoms with Crippen molar-refractivity contribution in [1.82, 2.24) is 19.5 Å². The van der Waals surface area contributed by atoms with Crippen LogP contribution in [0, 0.1) is 6.92 Å². The third kappa shape index (κ3) is 5.55. The molecule has 2 N–H and O–H groups in total. The van der Waals surface area contributed by atoms with E-state index in [4.69, 9.17) is 5.11 Å². The van der Waals surface area contributed by atoms with E-state index >= 15 is 0 Å².